The van der Waals surface area contributed by atoms with Crippen molar-refractivity contribution in [1.82, 2.24) is 9.80 Å². The van der Waals surface area contributed by atoms with Gasteiger partial charge < -0.3 is 23.7 Å². The highest BCUT2D eigenvalue weighted by Crippen LogP contribution is 2.42. The molecule has 2 aromatic rings. The van der Waals surface area contributed by atoms with Gasteiger partial charge in [-0.05, 0) is 88.3 Å². The zero-order valence-corrected chi connectivity index (χ0v) is 24.7. The van der Waals surface area contributed by atoms with Crippen molar-refractivity contribution in [2.75, 3.05) is 33.3 Å². The van der Waals surface area contributed by atoms with Crippen LogP contribution in [0.25, 0.3) is 5.57 Å². The molecule has 0 N–H and O–H groups in total. The van der Waals surface area contributed by atoms with Crippen LogP contribution in [0.2, 0.25) is 0 Å². The smallest absolute Gasteiger partial charge is 0.339 e. The Kier molecular flexibility index (Phi) is 9.65. The Balaban J connectivity index is 1.75. The van der Waals surface area contributed by atoms with Gasteiger partial charge in [0.1, 0.15) is 11.5 Å². The summed E-state index contributed by atoms with van der Waals surface area (Å²) in [6, 6.07) is 9.71. The van der Waals surface area contributed by atoms with Crippen molar-refractivity contribution >= 4 is 23.1 Å². The van der Waals surface area contributed by atoms with E-state index in [9.17, 15) is 14.4 Å². The molecule has 2 aliphatic rings. The number of benzene rings is 1. The van der Waals surface area contributed by atoms with Crippen LogP contribution in [0, 0.1) is 0 Å². The third-order valence-electron chi connectivity index (χ3n) is 7.81. The number of carbonyl (C=O) groups is 3. The number of ketones is 2. The predicted octanol–water partition coefficient (Wildman–Crippen LogP) is 5.81. The van der Waals surface area contributed by atoms with E-state index in [0.717, 1.165) is 57.6 Å². The average Bonchev–Trinajstić information content (AvgIpc) is 3.52. The van der Waals surface area contributed by atoms with Gasteiger partial charge in [-0.2, -0.15) is 0 Å². The fourth-order valence-electron chi connectivity index (χ4n) is 5.26. The number of hydrogen-bond donors (Lipinski definition) is 0. The molecule has 0 spiro atoms. The lowest BCUT2D eigenvalue weighted by atomic mass is 9.74. The Morgan fingerprint density at radius 2 is 1.76 bits per heavy atom. The maximum absolute atomic E-state index is 14.1. The lowest BCUT2D eigenvalue weighted by Crippen LogP contribution is -2.52. The van der Waals surface area contributed by atoms with E-state index in [1.54, 1.807) is 24.3 Å². The number of unbranched alkanes of at least 4 members (excludes halogenated alkanes) is 1. The van der Waals surface area contributed by atoms with Crippen molar-refractivity contribution < 1.29 is 28.3 Å². The van der Waals surface area contributed by atoms with Crippen LogP contribution in [0.1, 0.15) is 69.5 Å². The molecule has 1 unspecified atom stereocenters. The van der Waals surface area contributed by atoms with Gasteiger partial charge in [0.05, 0.1) is 24.5 Å². The number of nitrogens with zero attached hydrogens (tertiary/aromatic N) is 2. The highest BCUT2D eigenvalue weighted by Gasteiger charge is 2.53. The number of carbonyl (C=O) groups excluding carboxylic acids is 3. The van der Waals surface area contributed by atoms with Crippen molar-refractivity contribution in [2.45, 2.75) is 59.0 Å². The van der Waals surface area contributed by atoms with Crippen LogP contribution in [0.5, 0.6) is 5.75 Å². The van der Waals surface area contributed by atoms with Gasteiger partial charge in [0.15, 0.2) is 0 Å². The third kappa shape index (κ3) is 6.22. The molecular weight excluding hydrogens is 520 g/mol. The summed E-state index contributed by atoms with van der Waals surface area (Å²) in [5.74, 6) is -1.02. The van der Waals surface area contributed by atoms with E-state index in [1.807, 2.05) is 12.3 Å². The van der Waals surface area contributed by atoms with Gasteiger partial charge in [-0.25, -0.2) is 4.79 Å². The molecule has 0 radical (unpaired) electrons. The minimum Gasteiger partial charge on any atom is -0.497 e. The number of ether oxygens (including phenoxy) is 2. The fraction of sp³-hybridized carbons (Fsp3) is 0.424. The zero-order chi connectivity index (χ0) is 29.6. The molecule has 0 saturated heterocycles. The molecule has 218 valence electrons. The van der Waals surface area contributed by atoms with Crippen molar-refractivity contribution in [3.05, 3.63) is 83.1 Å². The summed E-state index contributed by atoms with van der Waals surface area (Å²) in [6.07, 6.45) is 8.98. The quantitative estimate of drug-likeness (QED) is 0.224. The normalized spacial score (nSPS) is 18.8. The lowest BCUT2D eigenvalue weighted by Gasteiger charge is -2.37. The van der Waals surface area contributed by atoms with Crippen LogP contribution in [0.3, 0.4) is 0 Å². The van der Waals surface area contributed by atoms with Gasteiger partial charge in [-0.15, -0.1) is 0 Å². The maximum Gasteiger partial charge on any atom is 0.339 e. The van der Waals surface area contributed by atoms with Crippen LogP contribution in [0.15, 0.2) is 76.2 Å². The second-order valence-electron chi connectivity index (χ2n) is 10.4. The number of methoxy groups -OCH3 is 1. The van der Waals surface area contributed by atoms with Crippen LogP contribution >= 0.6 is 0 Å². The van der Waals surface area contributed by atoms with Crippen molar-refractivity contribution in [2.24, 2.45) is 0 Å². The number of fused-ring (bicyclic) bond motifs is 1. The molecule has 0 saturated carbocycles. The highest BCUT2D eigenvalue weighted by molar-refractivity contribution is 6.40. The van der Waals surface area contributed by atoms with E-state index in [1.165, 1.54) is 32.4 Å². The SMILES string of the molecule is CCCCC1=CC2=C(c3ccco3)C(=O)C(C)(OC(=O)c3ccc(OC)cc3)C(=O)C2=CN1CCCN(CC)CC. The summed E-state index contributed by atoms with van der Waals surface area (Å²) in [6.45, 7) is 11.4. The minimum atomic E-state index is -2.06. The van der Waals surface area contributed by atoms with E-state index >= 15 is 0 Å². The molecule has 8 heteroatoms. The predicted molar refractivity (Wildman–Crippen MR) is 157 cm³/mol. The molecule has 8 nitrogen and oxygen atoms in total. The fourth-order valence-corrected chi connectivity index (χ4v) is 5.26. The molecule has 2 heterocycles. The van der Waals surface area contributed by atoms with Gasteiger partial charge in [0.2, 0.25) is 17.2 Å². The Morgan fingerprint density at radius 3 is 2.37 bits per heavy atom. The Hall–Kier alpha value is -3.91. The van der Waals surface area contributed by atoms with E-state index in [-0.39, 0.29) is 11.1 Å². The number of rotatable bonds is 13. The zero-order valence-electron chi connectivity index (χ0n) is 24.7. The highest BCUT2D eigenvalue weighted by atomic mass is 16.6. The van der Waals surface area contributed by atoms with Crippen LogP contribution in [-0.4, -0.2) is 66.2 Å². The van der Waals surface area contributed by atoms with Crippen molar-refractivity contribution in [3.63, 3.8) is 0 Å². The summed E-state index contributed by atoms with van der Waals surface area (Å²) < 4.78 is 16.6. The molecule has 1 aliphatic heterocycles. The summed E-state index contributed by atoms with van der Waals surface area (Å²) in [4.78, 5) is 45.9. The second-order valence-corrected chi connectivity index (χ2v) is 10.4. The molecule has 4 rings (SSSR count). The number of esters is 1. The average molecular weight is 561 g/mol. The van der Waals surface area contributed by atoms with Gasteiger partial charge in [-0.1, -0.05) is 27.2 Å². The molecule has 1 atom stereocenters. The maximum atomic E-state index is 14.1. The van der Waals surface area contributed by atoms with Gasteiger partial charge in [0.25, 0.3) is 0 Å². The van der Waals surface area contributed by atoms with Crippen molar-refractivity contribution in [3.8, 4) is 5.75 Å². The van der Waals surface area contributed by atoms with Crippen molar-refractivity contribution in [1.29, 1.82) is 0 Å². The molecule has 1 aromatic heterocycles. The Morgan fingerprint density at radius 1 is 1.02 bits per heavy atom. The number of allylic oxidation sites excluding steroid dienone is 3. The molecule has 41 heavy (non-hydrogen) atoms. The standard InChI is InChI=1S/C33H40N2O6/c1-6-9-12-24-21-26-27(22-35(24)19-11-18-34(7-2)8-3)30(36)33(4,31(37)29(26)28-13-10-20-40-28)41-32(38)23-14-16-25(39-5)17-15-23/h10,13-17,20-22H,6-9,11-12,18-19H2,1-5H3. The van der Waals surface area contributed by atoms with Gasteiger partial charge >= 0.3 is 5.97 Å². The molecular formula is C33H40N2O6. The van der Waals surface area contributed by atoms with E-state index in [2.05, 4.69) is 30.6 Å². The van der Waals surface area contributed by atoms with Gasteiger partial charge in [-0.3, -0.25) is 9.59 Å². The first-order valence-electron chi connectivity index (χ1n) is 14.4. The molecule has 1 aliphatic carbocycles. The Bertz CT molecular complexity index is 1350. The van der Waals surface area contributed by atoms with E-state index in [0.29, 0.717) is 22.7 Å². The number of furan rings is 1. The minimum absolute atomic E-state index is 0.208. The monoisotopic (exact) mass is 560 g/mol. The van der Waals surface area contributed by atoms with Gasteiger partial charge in [0, 0.05) is 29.6 Å². The van der Waals surface area contributed by atoms with E-state index in [4.69, 9.17) is 13.9 Å². The first kappa shape index (κ1) is 30.1. The molecule has 0 amide bonds. The largest absolute Gasteiger partial charge is 0.497 e. The first-order chi connectivity index (χ1) is 19.8. The number of Topliss-reactive ketones (excluding diaryl/α,β-unsaturated/α-hetero) is 2. The summed E-state index contributed by atoms with van der Waals surface area (Å²) in [5, 5.41) is 0. The van der Waals surface area contributed by atoms with E-state index < -0.39 is 23.1 Å². The summed E-state index contributed by atoms with van der Waals surface area (Å²) in [5.41, 5.74) is 0.287. The molecule has 0 bridgehead atoms. The lowest BCUT2D eigenvalue weighted by molar-refractivity contribution is -0.144. The number of hydrogen-bond acceptors (Lipinski definition) is 8. The van der Waals surface area contributed by atoms with Crippen LogP contribution < -0.4 is 4.74 Å². The third-order valence-corrected chi connectivity index (χ3v) is 7.81. The topological polar surface area (TPSA) is 89.3 Å². The second kappa shape index (κ2) is 13.2. The summed E-state index contributed by atoms with van der Waals surface area (Å²) in [7, 11) is 1.53. The Labute approximate surface area is 242 Å². The van der Waals surface area contributed by atoms with Crippen LogP contribution in [0.4, 0.5) is 0 Å². The first-order valence-corrected chi connectivity index (χ1v) is 14.4. The molecule has 1 aromatic carbocycles. The summed E-state index contributed by atoms with van der Waals surface area (Å²) >= 11 is 0. The molecule has 0 fully saturated rings. The van der Waals surface area contributed by atoms with Crippen LogP contribution in [-0.2, 0) is 14.3 Å².